The fourth-order valence-corrected chi connectivity index (χ4v) is 1.44. The summed E-state index contributed by atoms with van der Waals surface area (Å²) in [7, 11) is 3.51. The van der Waals surface area contributed by atoms with Crippen LogP contribution in [0.2, 0.25) is 0 Å². The summed E-state index contributed by atoms with van der Waals surface area (Å²) in [6.45, 7) is 8.19. The minimum Gasteiger partial charge on any atom is -0.347 e. The molecule has 16 heavy (non-hydrogen) atoms. The van der Waals surface area contributed by atoms with Crippen LogP contribution in [0.3, 0.4) is 0 Å². The van der Waals surface area contributed by atoms with Crippen LogP contribution in [-0.4, -0.2) is 34.7 Å². The van der Waals surface area contributed by atoms with E-state index in [0.717, 1.165) is 5.69 Å². The van der Waals surface area contributed by atoms with Crippen molar-refractivity contribution in [2.75, 3.05) is 14.1 Å². The fourth-order valence-electron chi connectivity index (χ4n) is 1.44. The number of carbonyl (C=O) groups is 1. The molecule has 0 aromatic carbocycles. The second kappa shape index (κ2) is 4.28. The Hall–Kier alpha value is -1.32. The third-order valence-electron chi connectivity index (χ3n) is 2.57. The molecule has 1 heterocycles. The smallest absolute Gasteiger partial charge is 0.246 e. The van der Waals surface area contributed by atoms with Gasteiger partial charge in [0.25, 0.3) is 0 Å². The van der Waals surface area contributed by atoms with Gasteiger partial charge in [0.1, 0.15) is 6.04 Å². The molecule has 0 N–H and O–H groups in total. The first kappa shape index (κ1) is 12.7. The molecule has 0 bridgehead atoms. The second-order valence-corrected chi connectivity index (χ2v) is 5.34. The minimum absolute atomic E-state index is 0.0200. The highest BCUT2D eigenvalue weighted by atomic mass is 16.2. The van der Waals surface area contributed by atoms with Gasteiger partial charge in [-0.2, -0.15) is 5.10 Å². The normalized spacial score (nSPS) is 13.6. The van der Waals surface area contributed by atoms with Crippen molar-refractivity contribution in [2.45, 2.75) is 39.2 Å². The van der Waals surface area contributed by atoms with E-state index in [2.05, 4.69) is 25.9 Å². The lowest BCUT2D eigenvalue weighted by Gasteiger charge is -2.18. The van der Waals surface area contributed by atoms with Crippen molar-refractivity contribution in [3.8, 4) is 0 Å². The number of likely N-dealkylation sites (N-methyl/N-ethyl adjacent to an activating group) is 1. The number of amides is 1. The van der Waals surface area contributed by atoms with Crippen molar-refractivity contribution < 1.29 is 4.79 Å². The summed E-state index contributed by atoms with van der Waals surface area (Å²) in [5.74, 6) is 0.0589. The van der Waals surface area contributed by atoms with Crippen LogP contribution in [-0.2, 0) is 10.2 Å². The first-order valence-electron chi connectivity index (χ1n) is 5.50. The number of hydrogen-bond acceptors (Lipinski definition) is 2. The predicted molar refractivity (Wildman–Crippen MR) is 64.3 cm³/mol. The summed E-state index contributed by atoms with van der Waals surface area (Å²) >= 11 is 0. The zero-order valence-corrected chi connectivity index (χ0v) is 11.0. The molecule has 0 radical (unpaired) electrons. The van der Waals surface area contributed by atoms with Crippen LogP contribution in [0.5, 0.6) is 0 Å². The molecular weight excluding hydrogens is 202 g/mol. The Labute approximate surface area is 97.2 Å². The van der Waals surface area contributed by atoms with Gasteiger partial charge in [-0.3, -0.25) is 9.48 Å². The summed E-state index contributed by atoms with van der Waals surface area (Å²) in [6, 6.07) is 1.73. The minimum atomic E-state index is -0.244. The number of nitrogens with zero attached hydrogens (tertiary/aromatic N) is 3. The van der Waals surface area contributed by atoms with Gasteiger partial charge >= 0.3 is 0 Å². The fraction of sp³-hybridized carbons (Fsp3) is 0.667. The summed E-state index contributed by atoms with van der Waals surface area (Å²) in [4.78, 5) is 13.4. The highest BCUT2D eigenvalue weighted by molar-refractivity contribution is 5.79. The number of carbonyl (C=O) groups excluding carboxylic acids is 1. The van der Waals surface area contributed by atoms with Crippen LogP contribution in [0.25, 0.3) is 0 Å². The number of rotatable bonds is 2. The van der Waals surface area contributed by atoms with E-state index in [1.165, 1.54) is 0 Å². The summed E-state index contributed by atoms with van der Waals surface area (Å²) < 4.78 is 1.73. The third-order valence-corrected chi connectivity index (χ3v) is 2.57. The molecule has 90 valence electrons. The maximum atomic E-state index is 11.8. The topological polar surface area (TPSA) is 38.1 Å². The van der Waals surface area contributed by atoms with E-state index in [9.17, 15) is 4.79 Å². The van der Waals surface area contributed by atoms with Crippen LogP contribution in [0.15, 0.2) is 12.3 Å². The molecule has 0 saturated carbocycles. The monoisotopic (exact) mass is 223 g/mol. The van der Waals surface area contributed by atoms with Gasteiger partial charge in [0, 0.05) is 25.7 Å². The molecule has 1 atom stereocenters. The number of aromatic nitrogens is 2. The van der Waals surface area contributed by atoms with Crippen LogP contribution < -0.4 is 0 Å². The van der Waals surface area contributed by atoms with E-state index in [-0.39, 0.29) is 17.4 Å². The molecule has 0 aliphatic heterocycles. The SMILES string of the molecule is CC(C(=O)N(C)C)n1ccc(C(C)(C)C)n1. The van der Waals surface area contributed by atoms with Gasteiger partial charge in [-0.25, -0.2) is 0 Å². The van der Waals surface area contributed by atoms with E-state index in [0.29, 0.717) is 0 Å². The van der Waals surface area contributed by atoms with E-state index in [1.807, 2.05) is 19.2 Å². The van der Waals surface area contributed by atoms with Crippen LogP contribution >= 0.6 is 0 Å². The molecule has 1 unspecified atom stereocenters. The largest absolute Gasteiger partial charge is 0.347 e. The second-order valence-electron chi connectivity index (χ2n) is 5.34. The average molecular weight is 223 g/mol. The zero-order valence-electron chi connectivity index (χ0n) is 11.0. The molecular formula is C12H21N3O. The van der Waals surface area contributed by atoms with E-state index >= 15 is 0 Å². The van der Waals surface area contributed by atoms with E-state index in [1.54, 1.807) is 23.7 Å². The molecule has 1 amide bonds. The van der Waals surface area contributed by atoms with E-state index in [4.69, 9.17) is 0 Å². The zero-order chi connectivity index (χ0) is 12.5. The molecule has 1 rings (SSSR count). The highest BCUT2D eigenvalue weighted by Crippen LogP contribution is 2.20. The Morgan fingerprint density at radius 3 is 2.38 bits per heavy atom. The molecule has 0 aliphatic carbocycles. The van der Waals surface area contributed by atoms with Crippen LogP contribution in [0.1, 0.15) is 39.4 Å². The Bertz CT molecular complexity index is 374. The van der Waals surface area contributed by atoms with Crippen molar-refractivity contribution in [1.29, 1.82) is 0 Å². The Balaban J connectivity index is 2.90. The van der Waals surface area contributed by atoms with Gasteiger partial charge in [0.15, 0.2) is 0 Å². The van der Waals surface area contributed by atoms with Gasteiger partial charge in [0.2, 0.25) is 5.91 Å². The summed E-state index contributed by atoms with van der Waals surface area (Å²) in [5, 5.41) is 4.45. The lowest BCUT2D eigenvalue weighted by molar-refractivity contribution is -0.132. The lowest BCUT2D eigenvalue weighted by atomic mass is 9.93. The molecule has 0 fully saturated rings. The van der Waals surface area contributed by atoms with Crippen molar-refractivity contribution in [2.24, 2.45) is 0 Å². The first-order valence-corrected chi connectivity index (χ1v) is 5.50. The molecule has 1 aromatic rings. The van der Waals surface area contributed by atoms with Gasteiger partial charge in [-0.15, -0.1) is 0 Å². The standard InChI is InChI=1S/C12H21N3O/c1-9(11(16)14(5)6)15-8-7-10(13-15)12(2,3)4/h7-9H,1-6H3. The maximum absolute atomic E-state index is 11.8. The summed E-state index contributed by atoms with van der Waals surface area (Å²) in [6.07, 6.45) is 1.87. The Morgan fingerprint density at radius 1 is 1.44 bits per heavy atom. The summed E-state index contributed by atoms with van der Waals surface area (Å²) in [5.41, 5.74) is 1.03. The third kappa shape index (κ3) is 2.62. The molecule has 4 nitrogen and oxygen atoms in total. The molecule has 0 aliphatic rings. The molecule has 4 heteroatoms. The van der Waals surface area contributed by atoms with Gasteiger partial charge < -0.3 is 4.90 Å². The quantitative estimate of drug-likeness (QED) is 0.767. The van der Waals surface area contributed by atoms with Crippen molar-refractivity contribution >= 4 is 5.91 Å². The average Bonchev–Trinajstić information content (AvgIpc) is 2.63. The molecule has 1 aromatic heterocycles. The van der Waals surface area contributed by atoms with Gasteiger partial charge in [-0.05, 0) is 13.0 Å². The number of hydrogen-bond donors (Lipinski definition) is 0. The Morgan fingerprint density at radius 2 is 2.00 bits per heavy atom. The lowest BCUT2D eigenvalue weighted by Crippen LogP contribution is -2.30. The van der Waals surface area contributed by atoms with Gasteiger partial charge in [-0.1, -0.05) is 20.8 Å². The maximum Gasteiger partial charge on any atom is 0.246 e. The highest BCUT2D eigenvalue weighted by Gasteiger charge is 2.21. The van der Waals surface area contributed by atoms with Crippen molar-refractivity contribution in [1.82, 2.24) is 14.7 Å². The van der Waals surface area contributed by atoms with Crippen molar-refractivity contribution in [3.63, 3.8) is 0 Å². The van der Waals surface area contributed by atoms with E-state index < -0.39 is 0 Å². The predicted octanol–water partition coefficient (Wildman–Crippen LogP) is 1.83. The van der Waals surface area contributed by atoms with Crippen LogP contribution in [0.4, 0.5) is 0 Å². The molecule has 0 saturated heterocycles. The van der Waals surface area contributed by atoms with Crippen LogP contribution in [0, 0.1) is 0 Å². The van der Waals surface area contributed by atoms with Crippen molar-refractivity contribution in [3.05, 3.63) is 18.0 Å². The molecule has 0 spiro atoms. The first-order chi connectivity index (χ1) is 7.23. The van der Waals surface area contributed by atoms with Gasteiger partial charge in [0.05, 0.1) is 5.69 Å². The Kier molecular flexibility index (Phi) is 3.41.